The van der Waals surface area contributed by atoms with Crippen LogP contribution in [-0.4, -0.2) is 37.7 Å². The molecule has 75 valence electrons. The Labute approximate surface area is 87.6 Å². The molecule has 0 aromatic rings. The minimum atomic E-state index is 0. The lowest BCUT2D eigenvalue weighted by atomic mass is 9.81. The van der Waals surface area contributed by atoms with Crippen molar-refractivity contribution in [2.24, 2.45) is 17.8 Å². The monoisotopic (exact) mass is 190 g/mol. The molecule has 1 aliphatic carbocycles. The molecule has 0 spiro atoms. The maximum atomic E-state index is 11.7. The summed E-state index contributed by atoms with van der Waals surface area (Å²) in [5.41, 5.74) is 0.260. The number of ketones is 1. The molecule has 0 N–H and O–H groups in total. The Balaban J connectivity index is 0.000000750. The molecule has 14 heavy (non-hydrogen) atoms. The summed E-state index contributed by atoms with van der Waals surface area (Å²) in [7, 11) is 0. The van der Waals surface area contributed by atoms with Gasteiger partial charge in [-0.25, -0.2) is 0 Å². The fraction of sp³-hybridized carbons (Fsp3) is 0.909. The minimum Gasteiger partial charge on any atom is -0.298 e. The molecule has 0 bridgehead atoms. The molecule has 2 aliphatic heterocycles. The Bertz CT molecular complexity index is 280. The highest BCUT2D eigenvalue weighted by Gasteiger charge is 2.62. The lowest BCUT2D eigenvalue weighted by Crippen LogP contribution is -2.41. The second-order valence-corrected chi connectivity index (χ2v) is 5.29. The highest BCUT2D eigenvalue weighted by atomic mass is 16.1. The van der Waals surface area contributed by atoms with Gasteiger partial charge in [-0.2, -0.15) is 0 Å². The Morgan fingerprint density at radius 2 is 2.14 bits per heavy atom. The van der Waals surface area contributed by atoms with Crippen molar-refractivity contribution in [1.82, 2.24) is 4.90 Å². The maximum Gasteiger partial charge on any atom is 0.151 e. The summed E-state index contributed by atoms with van der Waals surface area (Å²) in [5, 5.41) is 0. The van der Waals surface area contributed by atoms with Crippen LogP contribution in [0.4, 0.5) is 0 Å². The van der Waals surface area contributed by atoms with Gasteiger partial charge in [0.05, 0.1) is 6.54 Å². The van der Waals surface area contributed by atoms with Crippen molar-refractivity contribution < 1.29 is 4.79 Å². The van der Waals surface area contributed by atoms with Crippen LogP contribution in [0.5, 0.6) is 0 Å². The van der Waals surface area contributed by atoms with E-state index in [2.05, 4.69) is 18.7 Å². The van der Waals surface area contributed by atoms with E-state index < -0.39 is 0 Å². The van der Waals surface area contributed by atoms with Crippen molar-refractivity contribution in [2.45, 2.75) is 32.2 Å². The number of nitrogens with zero attached hydrogens (tertiary/aromatic N) is 1. The van der Waals surface area contributed by atoms with E-state index in [-0.39, 0.29) is 14.0 Å². The maximum absolute atomic E-state index is 11.7. The van der Waals surface area contributed by atoms with Crippen LogP contribution in [0.3, 0.4) is 0 Å². The minimum absolute atomic E-state index is 0. The zero-order valence-electron chi connectivity index (χ0n) is 8.99. The predicted octanol–water partition coefficient (Wildman–Crippen LogP) is 0.925. The summed E-state index contributed by atoms with van der Waals surface area (Å²) in [6.07, 6.45) is 2.44. The number of Topliss-reactive ketones (excluding diaryl/α,β-unsaturated/α-hetero) is 1. The van der Waals surface area contributed by atoms with Gasteiger partial charge in [0, 0.05) is 26.4 Å². The smallest absolute Gasteiger partial charge is 0.151 e. The summed E-state index contributed by atoms with van der Waals surface area (Å²) >= 11 is 0. The summed E-state index contributed by atoms with van der Waals surface area (Å²) in [5.74, 6) is 2.49. The molecule has 3 rings (SSSR count). The first-order valence-electron chi connectivity index (χ1n) is 5.42. The largest absolute Gasteiger partial charge is 0.298 e. The van der Waals surface area contributed by atoms with Gasteiger partial charge in [-0.3, -0.25) is 9.69 Å². The molecule has 0 aromatic heterocycles. The zero-order valence-corrected chi connectivity index (χ0v) is 8.99. The second kappa shape index (κ2) is 2.85. The molecule has 3 aliphatic rings. The molecule has 3 fully saturated rings. The van der Waals surface area contributed by atoms with Crippen molar-refractivity contribution in [1.29, 1.82) is 0 Å². The van der Waals surface area contributed by atoms with Crippen molar-refractivity contribution in [3.63, 3.8) is 0 Å². The molecule has 2 heterocycles. The number of hydrogen-bond donors (Lipinski definition) is 0. The lowest BCUT2D eigenvalue weighted by Gasteiger charge is -2.31. The summed E-state index contributed by atoms with van der Waals surface area (Å²) in [6.45, 7) is 6.57. The highest BCUT2D eigenvalue weighted by Crippen LogP contribution is 2.55. The summed E-state index contributed by atoms with van der Waals surface area (Å²) in [4.78, 5) is 14.2. The van der Waals surface area contributed by atoms with Crippen LogP contribution in [0.25, 0.3) is 0 Å². The topological polar surface area (TPSA) is 20.3 Å². The van der Waals surface area contributed by atoms with Gasteiger partial charge in [0.25, 0.3) is 0 Å². The van der Waals surface area contributed by atoms with Crippen LogP contribution in [0.2, 0.25) is 0 Å². The molecule has 2 saturated heterocycles. The van der Waals surface area contributed by atoms with E-state index in [1.807, 2.05) is 0 Å². The molecule has 1 saturated carbocycles. The van der Waals surface area contributed by atoms with E-state index in [1.165, 1.54) is 6.42 Å². The van der Waals surface area contributed by atoms with Crippen LogP contribution in [0, 0.1) is 17.8 Å². The predicted molar refractivity (Wildman–Crippen MR) is 56.1 cm³/mol. The first kappa shape index (κ1) is 10.2. The number of carbonyl (C=O) groups excluding carboxylic acids is 1. The van der Waals surface area contributed by atoms with Crippen LogP contribution in [0.15, 0.2) is 0 Å². The average Bonchev–Trinajstić information content (AvgIpc) is 2.58. The first-order chi connectivity index (χ1) is 6.14. The van der Waals surface area contributed by atoms with Gasteiger partial charge in [-0.15, -0.1) is 0 Å². The van der Waals surface area contributed by atoms with Gasteiger partial charge in [0.2, 0.25) is 0 Å². The normalized spacial score (nSPS) is 50.7. The molecular weight excluding hydrogens is 173 g/mol. The molecule has 2 nitrogen and oxygen atoms in total. The molecular formula is C11H17BNO. The Morgan fingerprint density at radius 3 is 2.86 bits per heavy atom. The third kappa shape index (κ3) is 0.893. The van der Waals surface area contributed by atoms with Gasteiger partial charge >= 0.3 is 0 Å². The van der Waals surface area contributed by atoms with E-state index in [4.69, 9.17) is 0 Å². The Hall–Kier alpha value is -0.305. The first-order valence-corrected chi connectivity index (χ1v) is 5.42. The number of rotatable bonds is 0. The molecule has 3 radical (unpaired) electrons. The van der Waals surface area contributed by atoms with Crippen LogP contribution in [-0.2, 0) is 4.79 Å². The van der Waals surface area contributed by atoms with Gasteiger partial charge in [0.1, 0.15) is 0 Å². The quantitative estimate of drug-likeness (QED) is 0.529. The zero-order chi connectivity index (χ0) is 9.22. The van der Waals surface area contributed by atoms with E-state index in [0.29, 0.717) is 11.7 Å². The second-order valence-electron chi connectivity index (χ2n) is 5.29. The van der Waals surface area contributed by atoms with Crippen LogP contribution < -0.4 is 0 Å². The third-order valence-electron chi connectivity index (χ3n) is 4.83. The third-order valence-corrected chi connectivity index (χ3v) is 4.83. The van der Waals surface area contributed by atoms with Crippen LogP contribution >= 0.6 is 0 Å². The molecule has 0 unspecified atom stereocenters. The van der Waals surface area contributed by atoms with Gasteiger partial charge in [-0.05, 0) is 31.6 Å². The average molecular weight is 190 g/mol. The lowest BCUT2D eigenvalue weighted by molar-refractivity contribution is -0.120. The summed E-state index contributed by atoms with van der Waals surface area (Å²) < 4.78 is 0. The molecule has 0 amide bonds. The van der Waals surface area contributed by atoms with Gasteiger partial charge in [-0.1, -0.05) is 6.92 Å². The molecule has 4 atom stereocenters. The van der Waals surface area contributed by atoms with Crippen molar-refractivity contribution in [3.05, 3.63) is 0 Å². The number of carbonyl (C=O) groups is 1. The molecule has 0 aromatic carbocycles. The van der Waals surface area contributed by atoms with Crippen molar-refractivity contribution in [3.8, 4) is 0 Å². The van der Waals surface area contributed by atoms with E-state index >= 15 is 0 Å². The highest BCUT2D eigenvalue weighted by molar-refractivity contribution is 5.87. The van der Waals surface area contributed by atoms with Crippen molar-refractivity contribution >= 4 is 14.2 Å². The fourth-order valence-electron chi connectivity index (χ4n) is 4.20. The molecule has 3 heteroatoms. The van der Waals surface area contributed by atoms with E-state index in [9.17, 15) is 4.79 Å². The fourth-order valence-corrected chi connectivity index (χ4v) is 4.20. The Kier molecular flexibility index (Phi) is 2.08. The van der Waals surface area contributed by atoms with Gasteiger partial charge < -0.3 is 0 Å². The van der Waals surface area contributed by atoms with Gasteiger partial charge in [0.15, 0.2) is 5.78 Å². The van der Waals surface area contributed by atoms with Crippen LogP contribution in [0.1, 0.15) is 26.7 Å². The summed E-state index contributed by atoms with van der Waals surface area (Å²) in [6, 6.07) is 0. The Morgan fingerprint density at radius 1 is 1.43 bits per heavy atom. The SMILES string of the molecule is C[C@@H]1CN2CC(=O)[C@H]3CC[C@@H]1[C@]32C.[B]. The number of hydrogen-bond acceptors (Lipinski definition) is 2. The van der Waals surface area contributed by atoms with Crippen molar-refractivity contribution in [2.75, 3.05) is 13.1 Å². The van der Waals surface area contributed by atoms with E-state index in [1.54, 1.807) is 0 Å². The standard InChI is InChI=1S/C11H17NO.B/c1-7-5-12-6-10(13)9-4-3-8(7)11(9,12)2;/h7-9H,3-6H2,1-2H3;/t7-,8+,9-,11-;/m1./s1. The van der Waals surface area contributed by atoms with E-state index in [0.717, 1.165) is 31.3 Å².